The highest BCUT2D eigenvalue weighted by molar-refractivity contribution is 6.31. The first-order valence-electron chi connectivity index (χ1n) is 5.75. The number of benzene rings is 1. The van der Waals surface area contributed by atoms with Crippen molar-refractivity contribution >= 4 is 11.6 Å². The van der Waals surface area contributed by atoms with E-state index < -0.39 is 0 Å². The number of aliphatic hydroxyl groups excluding tert-OH is 1. The fourth-order valence-electron chi connectivity index (χ4n) is 1.52. The Morgan fingerprint density at radius 3 is 2.71 bits per heavy atom. The smallest absolute Gasteiger partial charge is 0.124 e. The van der Waals surface area contributed by atoms with Crippen molar-refractivity contribution in [1.82, 2.24) is 5.32 Å². The number of halogens is 1. The van der Waals surface area contributed by atoms with Crippen LogP contribution in [-0.4, -0.2) is 24.9 Å². The molecule has 2 N–H and O–H groups in total. The van der Waals surface area contributed by atoms with Crippen molar-refractivity contribution in [1.29, 1.82) is 0 Å². The molecule has 0 spiro atoms. The molecule has 0 radical (unpaired) electrons. The molecule has 96 valence electrons. The predicted molar refractivity (Wildman–Crippen MR) is 70.6 cm³/mol. The fraction of sp³-hybridized carbons (Fsp3) is 0.538. The van der Waals surface area contributed by atoms with Gasteiger partial charge in [0.2, 0.25) is 0 Å². The van der Waals surface area contributed by atoms with Crippen LogP contribution in [0.2, 0.25) is 5.02 Å². The van der Waals surface area contributed by atoms with Crippen LogP contribution in [-0.2, 0) is 6.54 Å². The predicted octanol–water partition coefficient (Wildman–Crippen LogP) is 2.46. The summed E-state index contributed by atoms with van der Waals surface area (Å²) in [6.07, 6.45) is 0. The van der Waals surface area contributed by atoms with Gasteiger partial charge in [0.05, 0.1) is 7.11 Å². The van der Waals surface area contributed by atoms with Gasteiger partial charge in [-0.2, -0.15) is 0 Å². The Morgan fingerprint density at radius 1 is 1.41 bits per heavy atom. The zero-order valence-electron chi connectivity index (χ0n) is 10.5. The summed E-state index contributed by atoms with van der Waals surface area (Å²) in [5.41, 5.74) is 0.952. The lowest BCUT2D eigenvalue weighted by Gasteiger charge is -2.20. The minimum Gasteiger partial charge on any atom is -0.496 e. The van der Waals surface area contributed by atoms with Crippen molar-refractivity contribution in [2.75, 3.05) is 13.7 Å². The van der Waals surface area contributed by atoms with Crippen molar-refractivity contribution in [2.24, 2.45) is 5.92 Å². The summed E-state index contributed by atoms with van der Waals surface area (Å²) in [4.78, 5) is 0. The summed E-state index contributed by atoms with van der Waals surface area (Å²) < 4.78 is 5.27. The molecule has 1 rings (SSSR count). The molecule has 0 bridgehead atoms. The number of rotatable bonds is 6. The van der Waals surface area contributed by atoms with Gasteiger partial charge in [0.25, 0.3) is 0 Å². The normalized spacial score (nSPS) is 14.4. The highest BCUT2D eigenvalue weighted by atomic mass is 35.5. The number of hydrogen-bond acceptors (Lipinski definition) is 3. The van der Waals surface area contributed by atoms with E-state index in [9.17, 15) is 0 Å². The molecule has 0 saturated heterocycles. The van der Waals surface area contributed by atoms with Crippen LogP contribution in [0.5, 0.6) is 5.75 Å². The molecule has 0 amide bonds. The van der Waals surface area contributed by atoms with Gasteiger partial charge in [-0.05, 0) is 25.0 Å². The van der Waals surface area contributed by atoms with E-state index in [0.717, 1.165) is 11.3 Å². The third kappa shape index (κ3) is 3.87. The van der Waals surface area contributed by atoms with Crippen LogP contribution in [0.4, 0.5) is 0 Å². The van der Waals surface area contributed by atoms with E-state index in [1.165, 1.54) is 0 Å². The zero-order valence-corrected chi connectivity index (χ0v) is 11.3. The van der Waals surface area contributed by atoms with Gasteiger partial charge in [-0.25, -0.2) is 0 Å². The van der Waals surface area contributed by atoms with E-state index in [0.29, 0.717) is 11.6 Å². The first kappa shape index (κ1) is 14.3. The lowest BCUT2D eigenvalue weighted by atomic mass is 10.0. The monoisotopic (exact) mass is 257 g/mol. The topological polar surface area (TPSA) is 41.5 Å². The van der Waals surface area contributed by atoms with Gasteiger partial charge in [0.1, 0.15) is 5.75 Å². The molecule has 0 fully saturated rings. The molecule has 0 saturated carbocycles. The first-order chi connectivity index (χ1) is 8.10. The lowest BCUT2D eigenvalue weighted by Crippen LogP contribution is -2.33. The van der Waals surface area contributed by atoms with Gasteiger partial charge < -0.3 is 15.2 Å². The molecule has 0 aliphatic rings. The summed E-state index contributed by atoms with van der Waals surface area (Å²) in [5, 5.41) is 13.1. The Hall–Kier alpha value is -0.770. The number of hydrogen-bond donors (Lipinski definition) is 2. The maximum atomic E-state index is 9.07. The maximum absolute atomic E-state index is 9.07. The average Bonchev–Trinajstić information content (AvgIpc) is 2.35. The first-order valence-corrected chi connectivity index (χ1v) is 6.13. The van der Waals surface area contributed by atoms with E-state index >= 15 is 0 Å². The van der Waals surface area contributed by atoms with Crippen LogP contribution in [0, 0.1) is 5.92 Å². The van der Waals surface area contributed by atoms with Gasteiger partial charge in [-0.3, -0.25) is 0 Å². The van der Waals surface area contributed by atoms with Crippen molar-refractivity contribution in [3.63, 3.8) is 0 Å². The third-order valence-electron chi connectivity index (χ3n) is 3.04. The molecular weight excluding hydrogens is 238 g/mol. The fourth-order valence-corrected chi connectivity index (χ4v) is 1.76. The second-order valence-corrected chi connectivity index (χ2v) is 4.66. The molecule has 2 atom stereocenters. The van der Waals surface area contributed by atoms with E-state index in [1.54, 1.807) is 7.11 Å². The second-order valence-electron chi connectivity index (χ2n) is 4.25. The van der Waals surface area contributed by atoms with Gasteiger partial charge in [0.15, 0.2) is 0 Å². The number of aliphatic hydroxyl groups is 1. The molecule has 1 aromatic rings. The third-order valence-corrected chi connectivity index (χ3v) is 3.39. The Morgan fingerprint density at radius 2 is 2.12 bits per heavy atom. The molecule has 0 heterocycles. The summed E-state index contributed by atoms with van der Waals surface area (Å²) >= 11 is 6.14. The van der Waals surface area contributed by atoms with Crippen LogP contribution < -0.4 is 10.1 Å². The lowest BCUT2D eigenvalue weighted by molar-refractivity contribution is 0.207. The van der Waals surface area contributed by atoms with Gasteiger partial charge in [-0.15, -0.1) is 0 Å². The van der Waals surface area contributed by atoms with E-state index in [1.807, 2.05) is 32.0 Å². The van der Waals surface area contributed by atoms with E-state index in [2.05, 4.69) is 5.32 Å². The molecule has 0 aliphatic heterocycles. The quantitative estimate of drug-likeness (QED) is 0.823. The zero-order chi connectivity index (χ0) is 12.8. The molecule has 2 unspecified atom stereocenters. The highest BCUT2D eigenvalue weighted by Crippen LogP contribution is 2.26. The summed E-state index contributed by atoms with van der Waals surface area (Å²) in [5.74, 6) is 0.998. The number of ether oxygens (including phenoxy) is 1. The van der Waals surface area contributed by atoms with Gasteiger partial charge in [-0.1, -0.05) is 24.6 Å². The summed E-state index contributed by atoms with van der Waals surface area (Å²) in [6, 6.07) is 5.83. The molecular formula is C13H20ClNO2. The largest absolute Gasteiger partial charge is 0.496 e. The Balaban J connectivity index is 2.68. The van der Waals surface area contributed by atoms with Crippen molar-refractivity contribution < 1.29 is 9.84 Å². The minimum atomic E-state index is 0.174. The van der Waals surface area contributed by atoms with Crippen molar-refractivity contribution in [3.8, 4) is 5.75 Å². The maximum Gasteiger partial charge on any atom is 0.124 e. The molecule has 3 nitrogen and oxygen atoms in total. The van der Waals surface area contributed by atoms with Gasteiger partial charge in [0, 0.05) is 29.8 Å². The summed E-state index contributed by atoms with van der Waals surface area (Å²) in [7, 11) is 1.63. The van der Waals surface area contributed by atoms with Crippen LogP contribution in [0.25, 0.3) is 0 Å². The van der Waals surface area contributed by atoms with Crippen LogP contribution in [0.15, 0.2) is 18.2 Å². The molecule has 4 heteroatoms. The standard InChI is InChI=1S/C13H20ClNO2/c1-9(8-16)10(2)15-7-11-12(14)5-4-6-13(11)17-3/h4-6,9-10,15-16H,7-8H2,1-3H3. The second kappa shape index (κ2) is 6.84. The number of nitrogens with one attached hydrogen (secondary N) is 1. The van der Waals surface area contributed by atoms with E-state index in [-0.39, 0.29) is 18.6 Å². The molecule has 0 aliphatic carbocycles. The van der Waals surface area contributed by atoms with Gasteiger partial charge >= 0.3 is 0 Å². The molecule has 1 aromatic carbocycles. The van der Waals surface area contributed by atoms with Crippen LogP contribution in [0.1, 0.15) is 19.4 Å². The van der Waals surface area contributed by atoms with Crippen LogP contribution >= 0.6 is 11.6 Å². The Bertz CT molecular complexity index is 357. The SMILES string of the molecule is COc1cccc(Cl)c1CNC(C)C(C)CO. The van der Waals surface area contributed by atoms with Crippen molar-refractivity contribution in [3.05, 3.63) is 28.8 Å². The molecule has 0 aromatic heterocycles. The molecule has 17 heavy (non-hydrogen) atoms. The minimum absolute atomic E-state index is 0.174. The Labute approximate surface area is 108 Å². The average molecular weight is 258 g/mol. The highest BCUT2D eigenvalue weighted by Gasteiger charge is 2.13. The van der Waals surface area contributed by atoms with Crippen molar-refractivity contribution in [2.45, 2.75) is 26.4 Å². The van der Waals surface area contributed by atoms with Crippen LogP contribution in [0.3, 0.4) is 0 Å². The summed E-state index contributed by atoms with van der Waals surface area (Å²) in [6.45, 7) is 4.86. The number of methoxy groups -OCH3 is 1. The Kier molecular flexibility index (Phi) is 5.75. The van der Waals surface area contributed by atoms with E-state index in [4.69, 9.17) is 21.4 Å².